The van der Waals surface area contributed by atoms with E-state index >= 15 is 0 Å². The molecule has 0 aromatic heterocycles. The van der Waals surface area contributed by atoms with Crippen LogP contribution in [0.3, 0.4) is 0 Å². The molecule has 0 unspecified atom stereocenters. The summed E-state index contributed by atoms with van der Waals surface area (Å²) < 4.78 is 21.5. The lowest BCUT2D eigenvalue weighted by atomic mass is 10.1. The summed E-state index contributed by atoms with van der Waals surface area (Å²) in [5.41, 5.74) is 1.12. The Labute approximate surface area is 191 Å². The van der Waals surface area contributed by atoms with E-state index in [1.165, 1.54) is 6.08 Å². The van der Waals surface area contributed by atoms with Gasteiger partial charge >= 0.3 is 11.9 Å². The Morgan fingerprint density at radius 3 is 2.10 bits per heavy atom. The van der Waals surface area contributed by atoms with E-state index in [2.05, 4.69) is 0 Å². The molecule has 0 saturated heterocycles. The molecular weight excluding hydrogens is 443 g/mol. The zero-order chi connectivity index (χ0) is 22.8. The van der Waals surface area contributed by atoms with Gasteiger partial charge in [-0.05, 0) is 56.7 Å². The van der Waals surface area contributed by atoms with Gasteiger partial charge in [-0.15, -0.1) is 0 Å². The van der Waals surface area contributed by atoms with Crippen LogP contribution in [0.15, 0.2) is 42.0 Å². The van der Waals surface area contributed by atoms with Crippen molar-refractivity contribution < 1.29 is 28.5 Å². The van der Waals surface area contributed by atoms with Crippen LogP contribution in [0.4, 0.5) is 0 Å². The Kier molecular flexibility index (Phi) is 9.69. The lowest BCUT2D eigenvalue weighted by Crippen LogP contribution is -2.18. The molecule has 31 heavy (non-hydrogen) atoms. The first-order valence-electron chi connectivity index (χ1n) is 9.79. The van der Waals surface area contributed by atoms with Crippen molar-refractivity contribution in [2.24, 2.45) is 0 Å². The number of hydrogen-bond donors (Lipinski definition) is 0. The van der Waals surface area contributed by atoms with Crippen molar-refractivity contribution in [3.63, 3.8) is 0 Å². The van der Waals surface area contributed by atoms with Crippen molar-refractivity contribution in [3.8, 4) is 11.5 Å². The van der Waals surface area contributed by atoms with Crippen LogP contribution in [-0.2, 0) is 25.7 Å². The Balaban J connectivity index is 2.31. The minimum atomic E-state index is -0.753. The monoisotopic (exact) mass is 466 g/mol. The van der Waals surface area contributed by atoms with Crippen molar-refractivity contribution in [2.75, 3.05) is 19.8 Å². The summed E-state index contributed by atoms with van der Waals surface area (Å²) in [5, 5.41) is 1.04. The number of ether oxygens (including phenoxy) is 4. The molecule has 0 aliphatic rings. The van der Waals surface area contributed by atoms with Gasteiger partial charge in [-0.25, -0.2) is 9.59 Å². The van der Waals surface area contributed by atoms with Gasteiger partial charge < -0.3 is 18.9 Å². The van der Waals surface area contributed by atoms with E-state index in [0.717, 1.165) is 5.56 Å². The average molecular weight is 467 g/mol. The number of carbonyl (C=O) groups excluding carboxylic acids is 2. The molecule has 0 aliphatic carbocycles. The summed E-state index contributed by atoms with van der Waals surface area (Å²) in [6.07, 6.45) is 1.40. The lowest BCUT2D eigenvalue weighted by molar-refractivity contribution is -0.146. The van der Waals surface area contributed by atoms with E-state index in [9.17, 15) is 9.59 Å². The molecule has 0 bridgehead atoms. The molecule has 0 amide bonds. The van der Waals surface area contributed by atoms with Gasteiger partial charge in [-0.2, -0.15) is 0 Å². The van der Waals surface area contributed by atoms with Gasteiger partial charge in [0, 0.05) is 15.6 Å². The quantitative estimate of drug-likeness (QED) is 0.200. The van der Waals surface area contributed by atoms with Crippen molar-refractivity contribution in [1.82, 2.24) is 0 Å². The SMILES string of the molecule is CCOC(=O)C(=Cc1ccc(OCc2ccc(Cl)cc2Cl)c(OCC)c1)C(=O)OCC. The average Bonchev–Trinajstić information content (AvgIpc) is 2.73. The fourth-order valence-corrected chi connectivity index (χ4v) is 3.04. The first-order valence-corrected chi connectivity index (χ1v) is 10.5. The summed E-state index contributed by atoms with van der Waals surface area (Å²) in [4.78, 5) is 24.4. The minimum absolute atomic E-state index is 0.139. The van der Waals surface area contributed by atoms with Crippen LogP contribution in [0.5, 0.6) is 11.5 Å². The van der Waals surface area contributed by atoms with Crippen LogP contribution in [0.2, 0.25) is 10.0 Å². The Morgan fingerprint density at radius 1 is 0.839 bits per heavy atom. The predicted molar refractivity (Wildman–Crippen MR) is 120 cm³/mol. The van der Waals surface area contributed by atoms with Crippen LogP contribution >= 0.6 is 23.2 Å². The van der Waals surface area contributed by atoms with Gasteiger partial charge in [0.25, 0.3) is 0 Å². The van der Waals surface area contributed by atoms with Crippen LogP contribution in [0, 0.1) is 0 Å². The topological polar surface area (TPSA) is 71.1 Å². The first-order chi connectivity index (χ1) is 14.9. The van der Waals surface area contributed by atoms with Crippen LogP contribution < -0.4 is 9.47 Å². The summed E-state index contributed by atoms with van der Waals surface area (Å²) in [5.74, 6) is -0.569. The molecule has 0 aliphatic heterocycles. The van der Waals surface area contributed by atoms with E-state index in [1.54, 1.807) is 50.2 Å². The number of carbonyl (C=O) groups is 2. The van der Waals surface area contributed by atoms with Crippen LogP contribution in [0.1, 0.15) is 31.9 Å². The van der Waals surface area contributed by atoms with Gasteiger partial charge in [0.05, 0.1) is 19.8 Å². The third-order valence-corrected chi connectivity index (χ3v) is 4.55. The van der Waals surface area contributed by atoms with Crippen molar-refractivity contribution in [2.45, 2.75) is 27.4 Å². The highest BCUT2D eigenvalue weighted by Crippen LogP contribution is 2.31. The second-order valence-corrected chi connectivity index (χ2v) is 7.01. The Morgan fingerprint density at radius 2 is 1.52 bits per heavy atom. The largest absolute Gasteiger partial charge is 0.490 e. The lowest BCUT2D eigenvalue weighted by Gasteiger charge is -2.14. The number of benzene rings is 2. The molecule has 2 aromatic rings. The standard InChI is InChI=1S/C23H24Cl2O6/c1-4-28-21-12-15(11-18(22(26)29-5-2)23(27)30-6-3)7-10-20(21)31-14-16-8-9-17(24)13-19(16)25/h7-13H,4-6,14H2,1-3H3. The van der Waals surface area contributed by atoms with Gasteiger partial charge in [-0.1, -0.05) is 35.3 Å². The van der Waals surface area contributed by atoms with Gasteiger partial charge in [0.2, 0.25) is 0 Å². The molecule has 2 aromatic carbocycles. The summed E-state index contributed by atoms with van der Waals surface area (Å²) in [7, 11) is 0. The van der Waals surface area contributed by atoms with Crippen molar-refractivity contribution in [1.29, 1.82) is 0 Å². The number of esters is 2. The maximum atomic E-state index is 12.2. The van der Waals surface area contributed by atoms with Gasteiger partial charge in [0.1, 0.15) is 12.2 Å². The third kappa shape index (κ3) is 7.19. The maximum absolute atomic E-state index is 12.2. The predicted octanol–water partition coefficient (Wildman–Crippen LogP) is 5.48. The number of hydrogen-bond acceptors (Lipinski definition) is 6. The molecule has 0 N–H and O–H groups in total. The summed E-state index contributed by atoms with van der Waals surface area (Å²) in [6.45, 7) is 6.04. The normalized spacial score (nSPS) is 10.2. The van der Waals surface area contributed by atoms with E-state index in [4.69, 9.17) is 42.1 Å². The Bertz CT molecular complexity index is 935. The zero-order valence-electron chi connectivity index (χ0n) is 17.6. The molecule has 0 radical (unpaired) electrons. The maximum Gasteiger partial charge on any atom is 0.345 e. The third-order valence-electron chi connectivity index (χ3n) is 3.97. The van der Waals surface area contributed by atoms with E-state index < -0.39 is 11.9 Å². The minimum Gasteiger partial charge on any atom is -0.490 e. The molecule has 0 fully saturated rings. The molecule has 8 heteroatoms. The molecular formula is C23H24Cl2O6. The van der Waals surface area contributed by atoms with Crippen LogP contribution in [-0.4, -0.2) is 31.8 Å². The fraction of sp³-hybridized carbons (Fsp3) is 0.304. The second kappa shape index (κ2) is 12.2. The molecule has 2 rings (SSSR count). The highest BCUT2D eigenvalue weighted by atomic mass is 35.5. The fourth-order valence-electron chi connectivity index (χ4n) is 2.58. The summed E-state index contributed by atoms with van der Waals surface area (Å²) >= 11 is 12.1. The summed E-state index contributed by atoms with van der Waals surface area (Å²) in [6, 6.07) is 10.2. The molecule has 0 spiro atoms. The number of halogens is 2. The molecule has 0 saturated carbocycles. The smallest absolute Gasteiger partial charge is 0.345 e. The van der Waals surface area contributed by atoms with Gasteiger partial charge in [-0.3, -0.25) is 0 Å². The van der Waals surface area contributed by atoms with Crippen LogP contribution in [0.25, 0.3) is 6.08 Å². The van der Waals surface area contributed by atoms with E-state index in [-0.39, 0.29) is 25.4 Å². The van der Waals surface area contributed by atoms with Gasteiger partial charge in [0.15, 0.2) is 11.5 Å². The second-order valence-electron chi connectivity index (χ2n) is 6.16. The first kappa shape index (κ1) is 24.6. The highest BCUT2D eigenvalue weighted by Gasteiger charge is 2.21. The Hall–Kier alpha value is -2.70. The van der Waals surface area contributed by atoms with E-state index in [1.807, 2.05) is 6.92 Å². The number of rotatable bonds is 10. The van der Waals surface area contributed by atoms with Crippen molar-refractivity contribution in [3.05, 3.63) is 63.1 Å². The molecule has 0 atom stereocenters. The highest BCUT2D eigenvalue weighted by molar-refractivity contribution is 6.35. The van der Waals surface area contributed by atoms with Crippen molar-refractivity contribution >= 4 is 41.2 Å². The zero-order valence-corrected chi connectivity index (χ0v) is 19.1. The molecule has 0 heterocycles. The molecule has 6 nitrogen and oxygen atoms in total. The molecule has 166 valence electrons. The van der Waals surface area contributed by atoms with E-state index in [0.29, 0.717) is 33.7 Å².